The highest BCUT2D eigenvalue weighted by Crippen LogP contribution is 2.38. The standard InChI is InChI=1S/C23H25ClN4OS/c1-2-16-9-3-8-14-20(16)25-21(29)15-30-23-27-26-22(18-12-6-7-13-19(18)24)28(23)17-10-4-5-11-17/h3,6-9,12-14,17H,2,4-5,10-11,15H2,1H3,(H,25,29). The molecular weight excluding hydrogens is 416 g/mol. The van der Waals surface area contributed by atoms with E-state index in [1.54, 1.807) is 0 Å². The second-order valence-corrected chi connectivity index (χ2v) is 8.79. The Morgan fingerprint density at radius 3 is 2.63 bits per heavy atom. The molecule has 0 radical (unpaired) electrons. The van der Waals surface area contributed by atoms with Crippen LogP contribution in [0.5, 0.6) is 0 Å². The van der Waals surface area contributed by atoms with E-state index in [-0.39, 0.29) is 11.7 Å². The van der Waals surface area contributed by atoms with Crippen molar-refractivity contribution in [3.05, 3.63) is 59.1 Å². The van der Waals surface area contributed by atoms with Crippen LogP contribution in [0.3, 0.4) is 0 Å². The number of thioether (sulfide) groups is 1. The predicted molar refractivity (Wildman–Crippen MR) is 123 cm³/mol. The molecule has 3 aromatic rings. The number of carbonyl (C=O) groups is 1. The Morgan fingerprint density at radius 1 is 1.13 bits per heavy atom. The van der Waals surface area contributed by atoms with Crippen molar-refractivity contribution in [2.24, 2.45) is 0 Å². The number of para-hydroxylation sites is 1. The molecule has 1 heterocycles. The SMILES string of the molecule is CCc1ccccc1NC(=O)CSc1nnc(-c2ccccc2Cl)n1C1CCCC1. The van der Waals surface area contributed by atoms with E-state index in [0.29, 0.717) is 11.1 Å². The smallest absolute Gasteiger partial charge is 0.234 e. The summed E-state index contributed by atoms with van der Waals surface area (Å²) in [6, 6.07) is 16.0. The van der Waals surface area contributed by atoms with E-state index < -0.39 is 0 Å². The fraction of sp³-hybridized carbons (Fsp3) is 0.348. The first kappa shape index (κ1) is 20.9. The van der Waals surface area contributed by atoms with Crippen LogP contribution in [0.4, 0.5) is 5.69 Å². The van der Waals surface area contributed by atoms with Crippen molar-refractivity contribution in [2.45, 2.75) is 50.2 Å². The van der Waals surface area contributed by atoms with Gasteiger partial charge in [-0.05, 0) is 43.0 Å². The summed E-state index contributed by atoms with van der Waals surface area (Å²) >= 11 is 7.87. The number of hydrogen-bond acceptors (Lipinski definition) is 4. The van der Waals surface area contributed by atoms with E-state index >= 15 is 0 Å². The predicted octanol–water partition coefficient (Wildman–Crippen LogP) is 6.01. The lowest BCUT2D eigenvalue weighted by molar-refractivity contribution is -0.113. The molecule has 0 spiro atoms. The van der Waals surface area contributed by atoms with Crippen molar-refractivity contribution in [1.29, 1.82) is 0 Å². The van der Waals surface area contributed by atoms with Crippen LogP contribution in [0.1, 0.15) is 44.2 Å². The summed E-state index contributed by atoms with van der Waals surface area (Å²) in [5, 5.41) is 13.4. The van der Waals surface area contributed by atoms with Gasteiger partial charge in [0.05, 0.1) is 10.8 Å². The number of hydrogen-bond donors (Lipinski definition) is 1. The van der Waals surface area contributed by atoms with Crippen molar-refractivity contribution in [3.63, 3.8) is 0 Å². The van der Waals surface area contributed by atoms with E-state index in [9.17, 15) is 4.79 Å². The first-order chi connectivity index (χ1) is 14.7. The molecule has 1 aliphatic rings. The monoisotopic (exact) mass is 440 g/mol. The zero-order valence-electron chi connectivity index (χ0n) is 17.0. The summed E-state index contributed by atoms with van der Waals surface area (Å²) in [6.07, 6.45) is 5.46. The van der Waals surface area contributed by atoms with E-state index in [4.69, 9.17) is 11.6 Å². The lowest BCUT2D eigenvalue weighted by atomic mass is 10.1. The highest BCUT2D eigenvalue weighted by atomic mass is 35.5. The van der Waals surface area contributed by atoms with Crippen molar-refractivity contribution >= 4 is 35.0 Å². The summed E-state index contributed by atoms with van der Waals surface area (Å²) in [7, 11) is 0. The third-order valence-electron chi connectivity index (χ3n) is 5.47. The first-order valence-electron chi connectivity index (χ1n) is 10.4. The van der Waals surface area contributed by atoms with Gasteiger partial charge in [-0.1, -0.05) is 73.5 Å². The molecule has 1 N–H and O–H groups in total. The number of nitrogens with one attached hydrogen (secondary N) is 1. The third kappa shape index (κ3) is 4.55. The van der Waals surface area contributed by atoms with Crippen LogP contribution in [0, 0.1) is 0 Å². The number of aromatic nitrogens is 3. The first-order valence-corrected chi connectivity index (χ1v) is 11.7. The van der Waals surface area contributed by atoms with Gasteiger partial charge >= 0.3 is 0 Å². The molecule has 7 heteroatoms. The Hall–Kier alpha value is -2.31. The molecule has 0 atom stereocenters. The number of amides is 1. The summed E-state index contributed by atoms with van der Waals surface area (Å²) in [5.74, 6) is 1.03. The molecule has 0 unspecified atom stereocenters. The molecular formula is C23H25ClN4OS. The maximum Gasteiger partial charge on any atom is 0.234 e. The topological polar surface area (TPSA) is 59.8 Å². The van der Waals surface area contributed by atoms with Gasteiger partial charge in [0.15, 0.2) is 11.0 Å². The zero-order chi connectivity index (χ0) is 20.9. The highest BCUT2D eigenvalue weighted by Gasteiger charge is 2.26. The number of halogens is 1. The van der Waals surface area contributed by atoms with Gasteiger partial charge in [0.25, 0.3) is 0 Å². The van der Waals surface area contributed by atoms with Gasteiger partial charge in [0.2, 0.25) is 5.91 Å². The van der Waals surface area contributed by atoms with E-state index in [0.717, 1.165) is 47.1 Å². The van der Waals surface area contributed by atoms with Crippen molar-refractivity contribution in [1.82, 2.24) is 14.8 Å². The normalized spacial score (nSPS) is 14.2. The van der Waals surface area contributed by atoms with Crippen LogP contribution < -0.4 is 5.32 Å². The Bertz CT molecular complexity index is 1030. The zero-order valence-corrected chi connectivity index (χ0v) is 18.5. The lowest BCUT2D eigenvalue weighted by Gasteiger charge is -2.17. The Balaban J connectivity index is 1.54. The van der Waals surface area contributed by atoms with E-state index in [1.807, 2.05) is 48.5 Å². The molecule has 4 rings (SSSR count). The second kappa shape index (κ2) is 9.67. The molecule has 1 aromatic heterocycles. The third-order valence-corrected chi connectivity index (χ3v) is 6.75. The second-order valence-electron chi connectivity index (χ2n) is 7.44. The van der Waals surface area contributed by atoms with Gasteiger partial charge in [-0.2, -0.15) is 0 Å². The molecule has 1 fully saturated rings. The summed E-state index contributed by atoms with van der Waals surface area (Å²) in [6.45, 7) is 2.08. The largest absolute Gasteiger partial charge is 0.325 e. The van der Waals surface area contributed by atoms with Crippen LogP contribution in [-0.2, 0) is 11.2 Å². The molecule has 1 saturated carbocycles. The van der Waals surface area contributed by atoms with Gasteiger partial charge in [-0.25, -0.2) is 0 Å². The molecule has 0 bridgehead atoms. The lowest BCUT2D eigenvalue weighted by Crippen LogP contribution is -2.16. The average molecular weight is 441 g/mol. The van der Waals surface area contributed by atoms with Gasteiger partial charge in [-0.3, -0.25) is 9.36 Å². The maximum absolute atomic E-state index is 12.6. The molecule has 1 amide bonds. The molecule has 30 heavy (non-hydrogen) atoms. The van der Waals surface area contributed by atoms with Crippen LogP contribution >= 0.6 is 23.4 Å². The number of rotatable bonds is 7. The average Bonchev–Trinajstić information content (AvgIpc) is 3.42. The molecule has 5 nitrogen and oxygen atoms in total. The summed E-state index contributed by atoms with van der Waals surface area (Å²) in [4.78, 5) is 12.6. The number of nitrogens with zero attached hydrogens (tertiary/aromatic N) is 3. The Morgan fingerprint density at radius 2 is 1.87 bits per heavy atom. The minimum Gasteiger partial charge on any atom is -0.325 e. The van der Waals surface area contributed by atoms with Gasteiger partial charge in [-0.15, -0.1) is 10.2 Å². The Kier molecular flexibility index (Phi) is 6.75. The highest BCUT2D eigenvalue weighted by molar-refractivity contribution is 7.99. The number of aryl methyl sites for hydroxylation is 1. The van der Waals surface area contributed by atoms with Crippen LogP contribution in [-0.4, -0.2) is 26.4 Å². The quantitative estimate of drug-likeness (QED) is 0.457. The number of carbonyl (C=O) groups excluding carboxylic acids is 1. The fourth-order valence-corrected chi connectivity index (χ4v) is 4.99. The molecule has 0 aliphatic heterocycles. The van der Waals surface area contributed by atoms with Gasteiger partial charge in [0.1, 0.15) is 0 Å². The molecule has 0 saturated heterocycles. The van der Waals surface area contributed by atoms with Crippen molar-refractivity contribution < 1.29 is 4.79 Å². The number of benzene rings is 2. The van der Waals surface area contributed by atoms with E-state index in [1.165, 1.54) is 24.6 Å². The van der Waals surface area contributed by atoms with Gasteiger partial charge in [0, 0.05) is 17.3 Å². The molecule has 156 valence electrons. The van der Waals surface area contributed by atoms with Crippen molar-refractivity contribution in [2.75, 3.05) is 11.1 Å². The van der Waals surface area contributed by atoms with Crippen LogP contribution in [0.15, 0.2) is 53.7 Å². The summed E-state index contributed by atoms with van der Waals surface area (Å²) < 4.78 is 2.19. The number of anilines is 1. The van der Waals surface area contributed by atoms with Crippen LogP contribution in [0.25, 0.3) is 11.4 Å². The van der Waals surface area contributed by atoms with Crippen molar-refractivity contribution in [3.8, 4) is 11.4 Å². The molecule has 2 aromatic carbocycles. The maximum atomic E-state index is 12.6. The summed E-state index contributed by atoms with van der Waals surface area (Å²) in [5.41, 5.74) is 2.89. The van der Waals surface area contributed by atoms with Crippen LogP contribution in [0.2, 0.25) is 5.02 Å². The van der Waals surface area contributed by atoms with E-state index in [2.05, 4.69) is 27.0 Å². The minimum absolute atomic E-state index is 0.0406. The van der Waals surface area contributed by atoms with Gasteiger partial charge < -0.3 is 5.32 Å². The Labute approximate surface area is 186 Å². The molecule has 1 aliphatic carbocycles. The fourth-order valence-electron chi connectivity index (χ4n) is 3.96. The minimum atomic E-state index is -0.0406.